The van der Waals surface area contributed by atoms with E-state index in [0.29, 0.717) is 12.0 Å². The van der Waals surface area contributed by atoms with Crippen molar-refractivity contribution >= 4 is 5.69 Å². The van der Waals surface area contributed by atoms with Gasteiger partial charge in [-0.1, -0.05) is 39.0 Å². The SMILES string of the molecule is CC(CNc1ccccc1)CNC(C)C. The standard InChI is InChI=1S/C13H22N2/c1-11(2)14-9-12(3)10-15-13-7-5-4-6-8-13/h4-8,11-12,14-15H,9-10H2,1-3H3. The molecule has 2 heteroatoms. The maximum Gasteiger partial charge on any atom is 0.0340 e. The molecule has 0 aromatic heterocycles. The van der Waals surface area contributed by atoms with Gasteiger partial charge in [0.25, 0.3) is 0 Å². The molecule has 0 fully saturated rings. The summed E-state index contributed by atoms with van der Waals surface area (Å²) >= 11 is 0. The topological polar surface area (TPSA) is 24.1 Å². The zero-order chi connectivity index (χ0) is 11.1. The van der Waals surface area contributed by atoms with E-state index in [9.17, 15) is 0 Å². The van der Waals surface area contributed by atoms with Crippen LogP contribution in [0.3, 0.4) is 0 Å². The van der Waals surface area contributed by atoms with Crippen molar-refractivity contribution in [2.75, 3.05) is 18.4 Å². The fraction of sp³-hybridized carbons (Fsp3) is 0.538. The summed E-state index contributed by atoms with van der Waals surface area (Å²) < 4.78 is 0. The van der Waals surface area contributed by atoms with Gasteiger partial charge in [-0.15, -0.1) is 0 Å². The van der Waals surface area contributed by atoms with Crippen molar-refractivity contribution in [1.82, 2.24) is 5.32 Å². The summed E-state index contributed by atoms with van der Waals surface area (Å²) in [6, 6.07) is 10.9. The van der Waals surface area contributed by atoms with Gasteiger partial charge in [-0.25, -0.2) is 0 Å². The van der Waals surface area contributed by atoms with E-state index in [0.717, 1.165) is 13.1 Å². The normalized spacial score (nSPS) is 12.8. The van der Waals surface area contributed by atoms with Crippen molar-refractivity contribution in [2.45, 2.75) is 26.8 Å². The van der Waals surface area contributed by atoms with Gasteiger partial charge in [0, 0.05) is 18.3 Å². The second kappa shape index (κ2) is 6.46. The van der Waals surface area contributed by atoms with Crippen molar-refractivity contribution < 1.29 is 0 Å². The molecule has 2 N–H and O–H groups in total. The zero-order valence-electron chi connectivity index (χ0n) is 9.96. The van der Waals surface area contributed by atoms with E-state index in [1.54, 1.807) is 0 Å². The third kappa shape index (κ3) is 5.43. The molecule has 84 valence electrons. The Hall–Kier alpha value is -1.02. The van der Waals surface area contributed by atoms with E-state index in [4.69, 9.17) is 0 Å². The second-order valence-electron chi connectivity index (χ2n) is 4.42. The fourth-order valence-electron chi connectivity index (χ4n) is 1.36. The van der Waals surface area contributed by atoms with Gasteiger partial charge in [0.15, 0.2) is 0 Å². The molecule has 0 aliphatic heterocycles. The Balaban J connectivity index is 2.19. The van der Waals surface area contributed by atoms with Gasteiger partial charge in [-0.05, 0) is 24.6 Å². The Morgan fingerprint density at radius 3 is 2.27 bits per heavy atom. The van der Waals surface area contributed by atoms with Gasteiger partial charge in [0.2, 0.25) is 0 Å². The van der Waals surface area contributed by atoms with Crippen LogP contribution in [-0.2, 0) is 0 Å². The molecule has 1 unspecified atom stereocenters. The van der Waals surface area contributed by atoms with E-state index >= 15 is 0 Å². The number of rotatable bonds is 6. The quantitative estimate of drug-likeness (QED) is 0.748. The number of para-hydroxylation sites is 1. The van der Waals surface area contributed by atoms with E-state index < -0.39 is 0 Å². The van der Waals surface area contributed by atoms with Crippen LogP contribution in [0.15, 0.2) is 30.3 Å². The number of hydrogen-bond donors (Lipinski definition) is 2. The smallest absolute Gasteiger partial charge is 0.0340 e. The minimum absolute atomic E-state index is 0.573. The minimum Gasteiger partial charge on any atom is -0.385 e. The number of benzene rings is 1. The van der Waals surface area contributed by atoms with Gasteiger partial charge >= 0.3 is 0 Å². The van der Waals surface area contributed by atoms with Crippen LogP contribution < -0.4 is 10.6 Å². The summed E-state index contributed by atoms with van der Waals surface area (Å²) in [4.78, 5) is 0. The van der Waals surface area contributed by atoms with Crippen LogP contribution in [0.4, 0.5) is 5.69 Å². The van der Waals surface area contributed by atoms with E-state index in [1.807, 2.05) is 6.07 Å². The van der Waals surface area contributed by atoms with Crippen molar-refractivity contribution in [3.05, 3.63) is 30.3 Å². The predicted molar refractivity (Wildman–Crippen MR) is 67.2 cm³/mol. The Bertz CT molecular complexity index is 256. The molecule has 2 nitrogen and oxygen atoms in total. The summed E-state index contributed by atoms with van der Waals surface area (Å²) in [5, 5.41) is 6.87. The van der Waals surface area contributed by atoms with E-state index in [2.05, 4.69) is 55.7 Å². The van der Waals surface area contributed by atoms with E-state index in [-0.39, 0.29) is 0 Å². The van der Waals surface area contributed by atoms with Crippen molar-refractivity contribution in [3.8, 4) is 0 Å². The molecule has 0 amide bonds. The van der Waals surface area contributed by atoms with Crippen LogP contribution in [0, 0.1) is 5.92 Å². The van der Waals surface area contributed by atoms with Crippen LogP contribution in [0.5, 0.6) is 0 Å². The Morgan fingerprint density at radius 1 is 1.00 bits per heavy atom. The Kier molecular flexibility index (Phi) is 5.19. The lowest BCUT2D eigenvalue weighted by atomic mass is 10.1. The first-order chi connectivity index (χ1) is 7.18. The first kappa shape index (κ1) is 12.1. The number of anilines is 1. The van der Waals surface area contributed by atoms with Gasteiger partial charge in [-0.3, -0.25) is 0 Å². The number of hydrogen-bond acceptors (Lipinski definition) is 2. The summed E-state index contributed by atoms with van der Waals surface area (Å²) in [7, 11) is 0. The molecule has 0 heterocycles. The average Bonchev–Trinajstić information content (AvgIpc) is 2.25. The molecule has 0 aliphatic carbocycles. The first-order valence-corrected chi connectivity index (χ1v) is 5.71. The summed E-state index contributed by atoms with van der Waals surface area (Å²) in [6.07, 6.45) is 0. The maximum absolute atomic E-state index is 3.44. The van der Waals surface area contributed by atoms with Crippen LogP contribution in [0.2, 0.25) is 0 Å². The molecule has 0 saturated heterocycles. The highest BCUT2D eigenvalue weighted by Gasteiger charge is 2.02. The van der Waals surface area contributed by atoms with Crippen LogP contribution >= 0.6 is 0 Å². The molecular formula is C13H22N2. The molecule has 0 bridgehead atoms. The lowest BCUT2D eigenvalue weighted by molar-refractivity contribution is 0.492. The highest BCUT2D eigenvalue weighted by atomic mass is 14.9. The highest BCUT2D eigenvalue weighted by molar-refractivity contribution is 5.42. The molecule has 1 atom stereocenters. The summed E-state index contributed by atoms with van der Waals surface area (Å²) in [5.41, 5.74) is 1.20. The molecule has 0 saturated carbocycles. The predicted octanol–water partition coefficient (Wildman–Crippen LogP) is 2.73. The maximum atomic E-state index is 3.44. The molecule has 0 spiro atoms. The van der Waals surface area contributed by atoms with Gasteiger partial charge in [0.1, 0.15) is 0 Å². The average molecular weight is 206 g/mol. The molecule has 0 radical (unpaired) electrons. The van der Waals surface area contributed by atoms with Gasteiger partial charge < -0.3 is 10.6 Å². The molecular weight excluding hydrogens is 184 g/mol. The van der Waals surface area contributed by atoms with Crippen molar-refractivity contribution in [3.63, 3.8) is 0 Å². The van der Waals surface area contributed by atoms with E-state index in [1.165, 1.54) is 5.69 Å². The molecule has 1 rings (SSSR count). The third-order valence-corrected chi connectivity index (χ3v) is 2.30. The summed E-state index contributed by atoms with van der Waals surface area (Å²) in [5.74, 6) is 0.646. The Morgan fingerprint density at radius 2 is 1.67 bits per heavy atom. The molecule has 1 aromatic rings. The van der Waals surface area contributed by atoms with Crippen LogP contribution in [0.25, 0.3) is 0 Å². The van der Waals surface area contributed by atoms with Crippen LogP contribution in [-0.4, -0.2) is 19.1 Å². The fourth-order valence-corrected chi connectivity index (χ4v) is 1.36. The largest absolute Gasteiger partial charge is 0.385 e. The zero-order valence-corrected chi connectivity index (χ0v) is 9.96. The third-order valence-electron chi connectivity index (χ3n) is 2.30. The van der Waals surface area contributed by atoms with Gasteiger partial charge in [0.05, 0.1) is 0 Å². The van der Waals surface area contributed by atoms with Crippen molar-refractivity contribution in [2.24, 2.45) is 5.92 Å². The number of nitrogens with one attached hydrogen (secondary N) is 2. The molecule has 0 aliphatic rings. The monoisotopic (exact) mass is 206 g/mol. The first-order valence-electron chi connectivity index (χ1n) is 5.71. The lowest BCUT2D eigenvalue weighted by Gasteiger charge is -2.16. The Labute approximate surface area is 93.1 Å². The molecule has 1 aromatic carbocycles. The lowest BCUT2D eigenvalue weighted by Crippen LogP contribution is -2.30. The molecule has 15 heavy (non-hydrogen) atoms. The van der Waals surface area contributed by atoms with Gasteiger partial charge in [-0.2, -0.15) is 0 Å². The highest BCUT2D eigenvalue weighted by Crippen LogP contribution is 2.06. The minimum atomic E-state index is 0.573. The summed E-state index contributed by atoms with van der Waals surface area (Å²) in [6.45, 7) is 8.70. The van der Waals surface area contributed by atoms with Crippen LogP contribution in [0.1, 0.15) is 20.8 Å². The van der Waals surface area contributed by atoms with Crippen molar-refractivity contribution in [1.29, 1.82) is 0 Å². The second-order valence-corrected chi connectivity index (χ2v) is 4.42.